The van der Waals surface area contributed by atoms with E-state index in [0.29, 0.717) is 18.0 Å². The number of aromatic nitrogens is 1. The fourth-order valence-corrected chi connectivity index (χ4v) is 3.08. The van der Waals surface area contributed by atoms with Gasteiger partial charge in [0, 0.05) is 12.2 Å². The van der Waals surface area contributed by atoms with E-state index < -0.39 is 0 Å². The summed E-state index contributed by atoms with van der Waals surface area (Å²) in [6.07, 6.45) is 4.15. The fraction of sp³-hybridized carbons (Fsp3) is 0.727. The number of nitrogen functional groups attached to an aromatic ring is 1. The summed E-state index contributed by atoms with van der Waals surface area (Å²) in [5.74, 6) is 1.43. The molecule has 1 aliphatic heterocycles. The van der Waals surface area contributed by atoms with Crippen LogP contribution in [0.3, 0.4) is 0 Å². The first-order valence-electron chi connectivity index (χ1n) is 5.85. The lowest BCUT2D eigenvalue weighted by atomic mass is 10.1. The lowest BCUT2D eigenvalue weighted by Crippen LogP contribution is -2.30. The van der Waals surface area contributed by atoms with Gasteiger partial charge in [-0.05, 0) is 43.6 Å². The van der Waals surface area contributed by atoms with Crippen LogP contribution in [-0.2, 0) is 4.74 Å². The van der Waals surface area contributed by atoms with Gasteiger partial charge in [0.05, 0.1) is 12.1 Å². The minimum Gasteiger partial charge on any atom is -0.383 e. The van der Waals surface area contributed by atoms with Gasteiger partial charge in [-0.2, -0.15) is 4.37 Å². The van der Waals surface area contributed by atoms with Crippen LogP contribution in [0, 0.1) is 12.8 Å². The van der Waals surface area contributed by atoms with Gasteiger partial charge in [-0.25, -0.2) is 0 Å². The first-order valence-corrected chi connectivity index (χ1v) is 6.63. The van der Waals surface area contributed by atoms with E-state index >= 15 is 0 Å². The topological polar surface area (TPSA) is 60.2 Å². The molecule has 0 amide bonds. The number of ether oxygens (including phenoxy) is 1. The summed E-state index contributed by atoms with van der Waals surface area (Å²) >= 11 is 1.46. The van der Waals surface area contributed by atoms with Crippen LogP contribution < -0.4 is 11.1 Å². The minimum absolute atomic E-state index is 0.405. The largest absolute Gasteiger partial charge is 0.383 e. The number of hydrogen-bond donors (Lipinski definition) is 2. The molecule has 16 heavy (non-hydrogen) atoms. The van der Waals surface area contributed by atoms with Crippen molar-refractivity contribution in [2.75, 3.05) is 17.7 Å². The van der Waals surface area contributed by atoms with Crippen molar-refractivity contribution >= 4 is 22.4 Å². The van der Waals surface area contributed by atoms with E-state index in [4.69, 9.17) is 10.5 Å². The summed E-state index contributed by atoms with van der Waals surface area (Å²) in [5.41, 5.74) is 6.83. The first kappa shape index (κ1) is 10.4. The summed E-state index contributed by atoms with van der Waals surface area (Å²) in [7, 11) is 0. The van der Waals surface area contributed by atoms with Crippen molar-refractivity contribution < 1.29 is 4.74 Å². The second-order valence-electron chi connectivity index (χ2n) is 4.73. The van der Waals surface area contributed by atoms with Gasteiger partial charge in [0.15, 0.2) is 0 Å². The molecule has 1 saturated heterocycles. The molecule has 4 nitrogen and oxygen atoms in total. The van der Waals surface area contributed by atoms with Crippen LogP contribution in [0.1, 0.15) is 24.8 Å². The van der Waals surface area contributed by atoms with Crippen molar-refractivity contribution in [2.45, 2.75) is 38.3 Å². The Balaban J connectivity index is 1.71. The predicted molar refractivity (Wildman–Crippen MR) is 65.8 cm³/mol. The van der Waals surface area contributed by atoms with Crippen LogP contribution in [0.5, 0.6) is 0 Å². The van der Waals surface area contributed by atoms with Gasteiger partial charge < -0.3 is 15.8 Å². The number of nitrogens with one attached hydrogen (secondary N) is 1. The molecule has 2 unspecified atom stereocenters. The molecule has 2 fully saturated rings. The second-order valence-corrected chi connectivity index (χ2v) is 5.51. The Morgan fingerprint density at radius 3 is 2.88 bits per heavy atom. The molecule has 88 valence electrons. The van der Waals surface area contributed by atoms with Gasteiger partial charge in [-0.1, -0.05) is 0 Å². The van der Waals surface area contributed by atoms with Crippen LogP contribution in [0.25, 0.3) is 0 Å². The van der Waals surface area contributed by atoms with Crippen molar-refractivity contribution in [1.29, 1.82) is 0 Å². The zero-order valence-corrected chi connectivity index (χ0v) is 10.2. The zero-order valence-electron chi connectivity index (χ0n) is 9.40. The van der Waals surface area contributed by atoms with E-state index in [2.05, 4.69) is 9.69 Å². The Bertz CT molecular complexity index is 389. The second kappa shape index (κ2) is 3.89. The molecule has 1 saturated carbocycles. The third-order valence-corrected chi connectivity index (χ3v) is 4.39. The molecular formula is C11H17N3OS. The molecule has 2 heterocycles. The summed E-state index contributed by atoms with van der Waals surface area (Å²) in [6, 6.07) is 0.450. The van der Waals surface area contributed by atoms with E-state index in [1.54, 1.807) is 0 Å². The molecule has 1 aliphatic carbocycles. The molecule has 5 heteroatoms. The van der Waals surface area contributed by atoms with Crippen molar-refractivity contribution in [3.63, 3.8) is 0 Å². The highest BCUT2D eigenvalue weighted by Crippen LogP contribution is 2.40. The van der Waals surface area contributed by atoms with E-state index in [0.717, 1.165) is 29.5 Å². The van der Waals surface area contributed by atoms with Gasteiger partial charge in [0.25, 0.3) is 0 Å². The minimum atomic E-state index is 0.405. The maximum absolute atomic E-state index is 5.80. The van der Waals surface area contributed by atoms with Crippen LogP contribution in [0.15, 0.2) is 0 Å². The average molecular weight is 239 g/mol. The number of nitrogens with zero attached hydrogens (tertiary/aromatic N) is 1. The lowest BCUT2D eigenvalue weighted by Gasteiger charge is -2.19. The average Bonchev–Trinajstić information content (AvgIpc) is 2.95. The maximum Gasteiger partial charge on any atom is 0.142 e. The monoisotopic (exact) mass is 239 g/mol. The Kier molecular flexibility index (Phi) is 2.52. The normalized spacial score (nSPS) is 29.6. The Morgan fingerprint density at radius 1 is 1.44 bits per heavy atom. The maximum atomic E-state index is 5.80. The molecule has 0 spiro atoms. The molecular weight excluding hydrogens is 222 g/mol. The molecule has 3 N–H and O–H groups in total. The third kappa shape index (κ3) is 1.78. The highest BCUT2D eigenvalue weighted by molar-refractivity contribution is 7.10. The highest BCUT2D eigenvalue weighted by Gasteiger charge is 2.40. The summed E-state index contributed by atoms with van der Waals surface area (Å²) in [6.45, 7) is 2.90. The van der Waals surface area contributed by atoms with E-state index in [1.807, 2.05) is 6.92 Å². The molecule has 1 aromatic heterocycles. The summed E-state index contributed by atoms with van der Waals surface area (Å²) < 4.78 is 9.96. The van der Waals surface area contributed by atoms with Crippen molar-refractivity contribution in [3.05, 3.63) is 5.56 Å². The van der Waals surface area contributed by atoms with Crippen LogP contribution >= 0.6 is 11.5 Å². The Morgan fingerprint density at radius 2 is 2.25 bits per heavy atom. The molecule has 3 rings (SSSR count). The lowest BCUT2D eigenvalue weighted by molar-refractivity contribution is 0.0899. The van der Waals surface area contributed by atoms with Gasteiger partial charge >= 0.3 is 0 Å². The quantitative estimate of drug-likeness (QED) is 0.847. The summed E-state index contributed by atoms with van der Waals surface area (Å²) in [5, 5.41) is 4.66. The van der Waals surface area contributed by atoms with Crippen LogP contribution in [-0.4, -0.2) is 23.1 Å². The van der Waals surface area contributed by atoms with Gasteiger partial charge in [-0.3, -0.25) is 0 Å². The summed E-state index contributed by atoms with van der Waals surface area (Å²) in [4.78, 5) is 0. The number of anilines is 2. The SMILES string of the molecule is Cc1c(N)nsc1NC1CCOC1C1CC1. The molecule has 0 radical (unpaired) electrons. The van der Waals surface area contributed by atoms with Crippen molar-refractivity contribution in [3.8, 4) is 0 Å². The van der Waals surface area contributed by atoms with E-state index in [-0.39, 0.29) is 0 Å². The molecule has 2 atom stereocenters. The molecule has 2 aliphatic rings. The predicted octanol–water partition coefficient (Wildman–Crippen LogP) is 2.01. The zero-order chi connectivity index (χ0) is 11.1. The van der Waals surface area contributed by atoms with Crippen LogP contribution in [0.2, 0.25) is 0 Å². The molecule has 0 aromatic carbocycles. The first-order chi connectivity index (χ1) is 7.75. The van der Waals surface area contributed by atoms with Crippen molar-refractivity contribution in [2.24, 2.45) is 5.92 Å². The fourth-order valence-electron chi connectivity index (χ4n) is 2.31. The Hall–Kier alpha value is -0.810. The van der Waals surface area contributed by atoms with E-state index in [1.165, 1.54) is 24.4 Å². The van der Waals surface area contributed by atoms with Crippen LogP contribution in [0.4, 0.5) is 10.8 Å². The highest BCUT2D eigenvalue weighted by atomic mass is 32.1. The smallest absolute Gasteiger partial charge is 0.142 e. The standard InChI is InChI=1S/C11H17N3OS/c1-6-10(12)14-16-11(6)13-8-4-5-15-9(8)7-2-3-7/h7-9,13H,2-5H2,1H3,(H2,12,14). The molecule has 0 bridgehead atoms. The number of nitrogens with two attached hydrogens (primary N) is 1. The number of hydrogen-bond acceptors (Lipinski definition) is 5. The van der Waals surface area contributed by atoms with Gasteiger partial charge in [0.2, 0.25) is 0 Å². The van der Waals surface area contributed by atoms with E-state index in [9.17, 15) is 0 Å². The molecule has 1 aromatic rings. The van der Waals surface area contributed by atoms with Gasteiger partial charge in [-0.15, -0.1) is 0 Å². The number of rotatable bonds is 3. The third-order valence-electron chi connectivity index (χ3n) is 3.50. The van der Waals surface area contributed by atoms with Crippen molar-refractivity contribution in [1.82, 2.24) is 4.37 Å². The van der Waals surface area contributed by atoms with Gasteiger partial charge in [0.1, 0.15) is 10.8 Å². The Labute approximate surface area is 99.3 Å².